The summed E-state index contributed by atoms with van der Waals surface area (Å²) in [6, 6.07) is 7.22. The first-order valence-electron chi connectivity index (χ1n) is 8.55. The van der Waals surface area contributed by atoms with E-state index in [1.54, 1.807) is 23.5 Å². The lowest BCUT2D eigenvalue weighted by Gasteiger charge is -2.29. The molecule has 2 heterocycles. The van der Waals surface area contributed by atoms with E-state index in [4.69, 9.17) is 11.6 Å². The Morgan fingerprint density at radius 2 is 2.04 bits per heavy atom. The fourth-order valence-electron chi connectivity index (χ4n) is 3.58. The van der Waals surface area contributed by atoms with Crippen LogP contribution in [0.5, 0.6) is 0 Å². The quantitative estimate of drug-likeness (QED) is 0.743. The van der Waals surface area contributed by atoms with E-state index in [-0.39, 0.29) is 29.6 Å². The number of imidazole rings is 1. The summed E-state index contributed by atoms with van der Waals surface area (Å²) in [6.07, 6.45) is 6.13. The Balaban J connectivity index is 1.84. The van der Waals surface area contributed by atoms with Crippen molar-refractivity contribution in [3.05, 3.63) is 53.6 Å². The second kappa shape index (κ2) is 7.40. The van der Waals surface area contributed by atoms with E-state index in [0.717, 1.165) is 18.5 Å². The van der Waals surface area contributed by atoms with E-state index in [0.29, 0.717) is 11.6 Å². The van der Waals surface area contributed by atoms with Crippen molar-refractivity contribution in [2.75, 3.05) is 6.54 Å². The second-order valence-corrected chi connectivity index (χ2v) is 7.22. The highest BCUT2D eigenvalue weighted by Gasteiger charge is 2.48. The number of halogens is 1. The zero-order chi connectivity index (χ0) is 18.0. The Morgan fingerprint density at radius 3 is 2.68 bits per heavy atom. The summed E-state index contributed by atoms with van der Waals surface area (Å²) in [4.78, 5) is 30.9. The van der Waals surface area contributed by atoms with Crippen molar-refractivity contribution in [2.45, 2.75) is 32.9 Å². The van der Waals surface area contributed by atoms with Gasteiger partial charge in [-0.05, 0) is 30.0 Å². The molecular weight excluding hydrogens is 338 g/mol. The molecule has 0 spiro atoms. The average Bonchev–Trinajstić information content (AvgIpc) is 3.16. The highest BCUT2D eigenvalue weighted by Crippen LogP contribution is 2.40. The third-order valence-electron chi connectivity index (χ3n) is 4.73. The van der Waals surface area contributed by atoms with Crippen molar-refractivity contribution in [1.82, 2.24) is 14.5 Å². The molecule has 5 nitrogen and oxygen atoms in total. The highest BCUT2D eigenvalue weighted by atomic mass is 35.5. The highest BCUT2D eigenvalue weighted by molar-refractivity contribution is 6.39. The molecule has 2 unspecified atom stereocenters. The Morgan fingerprint density at radius 1 is 1.24 bits per heavy atom. The number of hydrogen-bond acceptors (Lipinski definition) is 3. The summed E-state index contributed by atoms with van der Waals surface area (Å²) in [5.41, 5.74) is 0.924. The zero-order valence-corrected chi connectivity index (χ0v) is 15.2. The molecule has 1 aliphatic rings. The van der Waals surface area contributed by atoms with Crippen LogP contribution < -0.4 is 0 Å². The van der Waals surface area contributed by atoms with Crippen LogP contribution in [0.2, 0.25) is 5.02 Å². The maximum Gasteiger partial charge on any atom is 0.290 e. The summed E-state index contributed by atoms with van der Waals surface area (Å²) in [5, 5.41) is 0.616. The fourth-order valence-corrected chi connectivity index (χ4v) is 3.77. The van der Waals surface area contributed by atoms with Gasteiger partial charge in [0.1, 0.15) is 0 Å². The van der Waals surface area contributed by atoms with Crippen LogP contribution in [0.1, 0.15) is 31.9 Å². The van der Waals surface area contributed by atoms with Crippen LogP contribution in [0.25, 0.3) is 0 Å². The number of ketones is 1. The Bertz CT molecular complexity index is 758. The molecule has 25 heavy (non-hydrogen) atoms. The molecule has 0 bridgehead atoms. The van der Waals surface area contributed by atoms with Crippen LogP contribution in [0.3, 0.4) is 0 Å². The monoisotopic (exact) mass is 359 g/mol. The van der Waals surface area contributed by atoms with Crippen molar-refractivity contribution < 1.29 is 9.59 Å². The molecule has 2 aromatic rings. The van der Waals surface area contributed by atoms with Gasteiger partial charge in [-0.1, -0.05) is 37.6 Å². The van der Waals surface area contributed by atoms with E-state index in [1.165, 1.54) is 0 Å². The SMILES string of the molecule is CC(C)C1C(=O)C(=O)N(CCCn2ccnc2)C1c1cccc(Cl)c1. The Hall–Kier alpha value is -2.14. The summed E-state index contributed by atoms with van der Waals surface area (Å²) in [6.45, 7) is 5.26. The molecule has 1 aliphatic heterocycles. The van der Waals surface area contributed by atoms with Crippen LogP contribution in [-0.2, 0) is 16.1 Å². The lowest BCUT2D eigenvalue weighted by Crippen LogP contribution is -2.31. The number of aromatic nitrogens is 2. The van der Waals surface area contributed by atoms with Gasteiger partial charge < -0.3 is 9.47 Å². The van der Waals surface area contributed by atoms with Crippen molar-refractivity contribution in [1.29, 1.82) is 0 Å². The van der Waals surface area contributed by atoms with Crippen LogP contribution in [0.15, 0.2) is 43.0 Å². The van der Waals surface area contributed by atoms with Gasteiger partial charge in [-0.15, -0.1) is 0 Å². The molecule has 1 saturated heterocycles. The Labute approximate surface area is 152 Å². The standard InChI is InChI=1S/C19H22ClN3O2/c1-13(2)16-17(14-5-3-6-15(20)11-14)23(19(25)18(16)24)9-4-8-22-10-7-21-12-22/h3,5-7,10-13,16-17H,4,8-9H2,1-2H3. The molecule has 0 saturated carbocycles. The number of likely N-dealkylation sites (tertiary alicyclic amines) is 1. The number of carbonyl (C=O) groups excluding carboxylic acids is 2. The smallest absolute Gasteiger partial charge is 0.290 e. The molecule has 1 fully saturated rings. The van der Waals surface area contributed by atoms with Gasteiger partial charge in [0, 0.05) is 30.5 Å². The lowest BCUT2D eigenvalue weighted by molar-refractivity contribution is -0.141. The van der Waals surface area contributed by atoms with E-state index < -0.39 is 0 Å². The number of aryl methyl sites for hydroxylation is 1. The van der Waals surface area contributed by atoms with Gasteiger partial charge in [-0.25, -0.2) is 4.98 Å². The van der Waals surface area contributed by atoms with Gasteiger partial charge in [0.25, 0.3) is 5.91 Å². The predicted molar refractivity (Wildman–Crippen MR) is 96.1 cm³/mol. The Kier molecular flexibility index (Phi) is 5.23. The van der Waals surface area contributed by atoms with Gasteiger partial charge >= 0.3 is 0 Å². The number of hydrogen-bond donors (Lipinski definition) is 0. The second-order valence-electron chi connectivity index (χ2n) is 6.79. The van der Waals surface area contributed by atoms with E-state index in [2.05, 4.69) is 4.98 Å². The zero-order valence-electron chi connectivity index (χ0n) is 14.4. The van der Waals surface area contributed by atoms with Gasteiger partial charge in [0.2, 0.25) is 5.78 Å². The van der Waals surface area contributed by atoms with Crippen LogP contribution in [0.4, 0.5) is 0 Å². The molecule has 0 aliphatic carbocycles. The first kappa shape index (κ1) is 17.7. The largest absolute Gasteiger partial charge is 0.337 e. The van der Waals surface area contributed by atoms with Gasteiger partial charge in [0.05, 0.1) is 18.3 Å². The topological polar surface area (TPSA) is 55.2 Å². The molecule has 3 rings (SSSR count). The molecule has 6 heteroatoms. The third kappa shape index (κ3) is 3.61. The minimum Gasteiger partial charge on any atom is -0.337 e. The van der Waals surface area contributed by atoms with Crippen LogP contribution in [0, 0.1) is 11.8 Å². The van der Waals surface area contributed by atoms with Gasteiger partial charge in [-0.2, -0.15) is 0 Å². The summed E-state index contributed by atoms with van der Waals surface area (Å²) >= 11 is 6.14. The minimum atomic E-state index is -0.380. The van der Waals surface area contributed by atoms with Crippen molar-refractivity contribution in [3.8, 4) is 0 Å². The van der Waals surface area contributed by atoms with Crippen molar-refractivity contribution in [3.63, 3.8) is 0 Å². The predicted octanol–water partition coefficient (Wildman–Crippen LogP) is 3.35. The summed E-state index contributed by atoms with van der Waals surface area (Å²) < 4.78 is 1.97. The van der Waals surface area contributed by atoms with Crippen molar-refractivity contribution in [2.24, 2.45) is 11.8 Å². The molecular formula is C19H22ClN3O2. The number of benzene rings is 1. The van der Waals surface area contributed by atoms with Gasteiger partial charge in [0.15, 0.2) is 0 Å². The number of amides is 1. The normalized spacial score (nSPS) is 20.7. The van der Waals surface area contributed by atoms with E-state index in [1.807, 2.05) is 42.8 Å². The lowest BCUT2D eigenvalue weighted by atomic mass is 9.84. The van der Waals surface area contributed by atoms with Crippen LogP contribution in [-0.4, -0.2) is 32.7 Å². The first-order valence-corrected chi connectivity index (χ1v) is 8.93. The molecule has 132 valence electrons. The molecule has 1 amide bonds. The number of rotatable bonds is 6. The van der Waals surface area contributed by atoms with E-state index in [9.17, 15) is 9.59 Å². The molecule has 1 aromatic carbocycles. The molecule has 0 radical (unpaired) electrons. The molecule has 1 aromatic heterocycles. The first-order chi connectivity index (χ1) is 12.0. The maximum atomic E-state index is 12.6. The number of carbonyl (C=O) groups is 2. The van der Waals surface area contributed by atoms with Crippen molar-refractivity contribution >= 4 is 23.3 Å². The number of nitrogens with zero attached hydrogens (tertiary/aromatic N) is 3. The maximum absolute atomic E-state index is 12.6. The van der Waals surface area contributed by atoms with E-state index >= 15 is 0 Å². The fraction of sp³-hybridized carbons (Fsp3) is 0.421. The average molecular weight is 360 g/mol. The molecule has 0 N–H and O–H groups in total. The van der Waals surface area contributed by atoms with Gasteiger partial charge in [-0.3, -0.25) is 9.59 Å². The number of Topliss-reactive ketones (excluding diaryl/α,β-unsaturated/α-hetero) is 1. The third-order valence-corrected chi connectivity index (χ3v) is 4.97. The minimum absolute atomic E-state index is 0.0825. The summed E-state index contributed by atoms with van der Waals surface area (Å²) in [5.74, 6) is -0.921. The molecule has 2 atom stereocenters. The van der Waals surface area contributed by atoms with Crippen LogP contribution >= 0.6 is 11.6 Å². The summed E-state index contributed by atoms with van der Waals surface area (Å²) in [7, 11) is 0.